The first-order chi connectivity index (χ1) is 15.5. The van der Waals surface area contributed by atoms with Crippen molar-refractivity contribution < 1.29 is 19.0 Å². The molecule has 0 saturated heterocycles. The number of benzene rings is 2. The number of amides is 1. The van der Waals surface area contributed by atoms with Crippen LogP contribution < -0.4 is 19.5 Å². The summed E-state index contributed by atoms with van der Waals surface area (Å²) in [6, 6.07) is 11.6. The van der Waals surface area contributed by atoms with Crippen LogP contribution in [0, 0.1) is 25.2 Å². The van der Waals surface area contributed by atoms with Crippen LogP contribution in [0.2, 0.25) is 0 Å². The Morgan fingerprint density at radius 2 is 1.91 bits per heavy atom. The van der Waals surface area contributed by atoms with E-state index < -0.39 is 11.6 Å². The predicted octanol–water partition coefficient (Wildman–Crippen LogP) is 5.88. The quantitative estimate of drug-likeness (QED) is 0.554. The molecule has 5 nitrogen and oxygen atoms in total. The van der Waals surface area contributed by atoms with E-state index in [1.807, 2.05) is 43.3 Å². The van der Waals surface area contributed by atoms with Gasteiger partial charge in [0.1, 0.15) is 11.3 Å². The molecule has 0 heterocycles. The summed E-state index contributed by atoms with van der Waals surface area (Å²) < 4.78 is 17.1. The van der Waals surface area contributed by atoms with E-state index in [0.717, 1.165) is 54.5 Å². The molecular formula is C27H31NO4. The summed E-state index contributed by atoms with van der Waals surface area (Å²) in [5.74, 6) is 5.16. The van der Waals surface area contributed by atoms with Gasteiger partial charge in [0.15, 0.2) is 11.5 Å². The van der Waals surface area contributed by atoms with Gasteiger partial charge >= 0.3 is 6.09 Å². The lowest BCUT2D eigenvalue weighted by molar-refractivity contribution is 0.180. The number of terminal acetylenes is 1. The molecule has 5 heteroatoms. The van der Waals surface area contributed by atoms with Crippen LogP contribution in [0.4, 0.5) is 4.79 Å². The van der Waals surface area contributed by atoms with Crippen molar-refractivity contribution in [3.05, 3.63) is 42.0 Å². The van der Waals surface area contributed by atoms with Crippen LogP contribution in [0.25, 0.3) is 11.1 Å². The fraction of sp³-hybridized carbons (Fsp3) is 0.444. The average molecular weight is 434 g/mol. The van der Waals surface area contributed by atoms with Gasteiger partial charge in [0.05, 0.1) is 13.7 Å². The smallest absolute Gasteiger partial charge is 0.413 e. The lowest BCUT2D eigenvalue weighted by Gasteiger charge is -2.32. The van der Waals surface area contributed by atoms with Gasteiger partial charge in [-0.1, -0.05) is 37.3 Å². The van der Waals surface area contributed by atoms with Crippen LogP contribution in [0.15, 0.2) is 36.4 Å². The first kappa shape index (κ1) is 22.1. The minimum absolute atomic E-state index is 0.402. The summed E-state index contributed by atoms with van der Waals surface area (Å²) in [5.41, 5.74) is 2.42. The van der Waals surface area contributed by atoms with Gasteiger partial charge in [0.25, 0.3) is 0 Å². The Balaban J connectivity index is 1.58. The number of nitrogens with one attached hydrogen (secondary N) is 1. The molecule has 0 bridgehead atoms. The zero-order valence-corrected chi connectivity index (χ0v) is 18.9. The molecule has 2 saturated carbocycles. The molecule has 1 N–H and O–H groups in total. The minimum atomic E-state index is -0.630. The van der Waals surface area contributed by atoms with Gasteiger partial charge in [-0.25, -0.2) is 4.79 Å². The van der Waals surface area contributed by atoms with E-state index in [0.29, 0.717) is 24.0 Å². The van der Waals surface area contributed by atoms with Crippen LogP contribution in [-0.4, -0.2) is 25.3 Å². The topological polar surface area (TPSA) is 56.8 Å². The maximum Gasteiger partial charge on any atom is 0.413 e. The Morgan fingerprint density at radius 1 is 1.12 bits per heavy atom. The van der Waals surface area contributed by atoms with Gasteiger partial charge in [0.2, 0.25) is 0 Å². The highest BCUT2D eigenvalue weighted by atomic mass is 16.6. The second-order valence-electron chi connectivity index (χ2n) is 8.90. The first-order valence-electron chi connectivity index (χ1n) is 11.4. The maximum atomic E-state index is 12.8. The molecular weight excluding hydrogens is 402 g/mol. The second-order valence-corrected chi connectivity index (χ2v) is 8.90. The van der Waals surface area contributed by atoms with Crippen molar-refractivity contribution in [2.24, 2.45) is 5.92 Å². The average Bonchev–Trinajstić information content (AvgIpc) is 3.63. The minimum Gasteiger partial charge on any atom is -0.497 e. The zero-order valence-electron chi connectivity index (χ0n) is 18.9. The number of aryl methyl sites for hydroxylation is 1. The molecule has 0 radical (unpaired) electrons. The largest absolute Gasteiger partial charge is 0.497 e. The van der Waals surface area contributed by atoms with Crippen molar-refractivity contribution in [2.45, 2.75) is 57.4 Å². The van der Waals surface area contributed by atoms with Gasteiger partial charge in [0, 0.05) is 0 Å². The molecule has 0 atom stereocenters. The maximum absolute atomic E-state index is 12.8. The molecule has 2 fully saturated rings. The third-order valence-electron chi connectivity index (χ3n) is 6.39. The Bertz CT molecular complexity index is 1010. The third kappa shape index (κ3) is 5.19. The van der Waals surface area contributed by atoms with Crippen LogP contribution in [0.1, 0.15) is 50.5 Å². The Kier molecular flexibility index (Phi) is 6.60. The summed E-state index contributed by atoms with van der Waals surface area (Å²) in [6.45, 7) is 2.66. The van der Waals surface area contributed by atoms with Gasteiger partial charge in [-0.2, -0.15) is 0 Å². The van der Waals surface area contributed by atoms with Gasteiger partial charge < -0.3 is 19.5 Å². The van der Waals surface area contributed by atoms with Gasteiger partial charge in [-0.3, -0.25) is 0 Å². The van der Waals surface area contributed by atoms with Crippen LogP contribution >= 0.6 is 0 Å². The molecule has 1 amide bonds. The molecule has 2 aliphatic rings. The SMILES string of the molecule is C#CC1(NC(=O)Oc2cc(-c3ccc(OC)cc3C)ccc2OCC2CC2)CCCCC1. The van der Waals surface area contributed by atoms with Crippen LogP contribution in [0.3, 0.4) is 0 Å². The second kappa shape index (κ2) is 9.56. The van der Waals surface area contributed by atoms with E-state index in [-0.39, 0.29) is 0 Å². The van der Waals surface area contributed by atoms with Gasteiger partial charge in [-0.15, -0.1) is 6.42 Å². The summed E-state index contributed by atoms with van der Waals surface area (Å²) >= 11 is 0. The molecule has 2 aromatic rings. The molecule has 2 aromatic carbocycles. The standard InChI is InChI=1S/C27H31NO4/c1-4-27(14-6-5-7-15-27)28-26(29)32-25-17-21(10-13-24(25)31-18-20-8-9-20)23-12-11-22(30-3)16-19(23)2/h1,10-13,16-17,20H,5-9,14-15,18H2,2-3H3,(H,28,29). The van der Waals surface area contributed by atoms with Crippen molar-refractivity contribution >= 4 is 6.09 Å². The zero-order chi connectivity index (χ0) is 22.6. The molecule has 0 aromatic heterocycles. The van der Waals surface area contributed by atoms with E-state index in [1.165, 1.54) is 12.8 Å². The number of carbonyl (C=O) groups is 1. The molecule has 0 aliphatic heterocycles. The number of carbonyl (C=O) groups excluding carboxylic acids is 1. The van der Waals surface area contributed by atoms with E-state index in [9.17, 15) is 4.79 Å². The van der Waals surface area contributed by atoms with Crippen LogP contribution in [0.5, 0.6) is 17.2 Å². The lowest BCUT2D eigenvalue weighted by Crippen LogP contribution is -2.49. The van der Waals surface area contributed by atoms with Crippen molar-refractivity contribution in [3.63, 3.8) is 0 Å². The van der Waals surface area contributed by atoms with Crippen molar-refractivity contribution in [3.8, 4) is 40.7 Å². The number of rotatable bonds is 7. The van der Waals surface area contributed by atoms with Gasteiger partial charge in [-0.05, 0) is 79.5 Å². The predicted molar refractivity (Wildman–Crippen MR) is 125 cm³/mol. The highest BCUT2D eigenvalue weighted by molar-refractivity contribution is 5.76. The fourth-order valence-corrected chi connectivity index (χ4v) is 4.24. The summed E-state index contributed by atoms with van der Waals surface area (Å²) in [4.78, 5) is 12.8. The Labute approximate surface area is 190 Å². The van der Waals surface area contributed by atoms with E-state index >= 15 is 0 Å². The number of methoxy groups -OCH3 is 1. The third-order valence-corrected chi connectivity index (χ3v) is 6.39. The van der Waals surface area contributed by atoms with E-state index in [1.54, 1.807) is 7.11 Å². The fourth-order valence-electron chi connectivity index (χ4n) is 4.24. The molecule has 32 heavy (non-hydrogen) atoms. The molecule has 0 spiro atoms. The van der Waals surface area contributed by atoms with Crippen molar-refractivity contribution in [2.75, 3.05) is 13.7 Å². The van der Waals surface area contributed by atoms with E-state index in [4.69, 9.17) is 20.6 Å². The number of hydrogen-bond donors (Lipinski definition) is 1. The molecule has 168 valence electrons. The molecule has 2 aliphatic carbocycles. The highest BCUT2D eigenvalue weighted by Crippen LogP contribution is 2.37. The summed E-state index contributed by atoms with van der Waals surface area (Å²) in [6.07, 6.45) is 12.3. The highest BCUT2D eigenvalue weighted by Gasteiger charge is 2.32. The normalized spacial score (nSPS) is 17.2. The van der Waals surface area contributed by atoms with Crippen molar-refractivity contribution in [1.29, 1.82) is 0 Å². The lowest BCUT2D eigenvalue weighted by atomic mass is 9.82. The first-order valence-corrected chi connectivity index (χ1v) is 11.4. The Hall–Kier alpha value is -3.13. The van der Waals surface area contributed by atoms with Crippen molar-refractivity contribution in [1.82, 2.24) is 5.32 Å². The molecule has 0 unspecified atom stereocenters. The molecule has 4 rings (SSSR count). The number of hydrogen-bond acceptors (Lipinski definition) is 4. The summed E-state index contributed by atoms with van der Waals surface area (Å²) in [5, 5.41) is 2.95. The van der Waals surface area contributed by atoms with E-state index in [2.05, 4.69) is 11.2 Å². The Morgan fingerprint density at radius 3 is 2.56 bits per heavy atom. The van der Waals surface area contributed by atoms with Crippen LogP contribution in [-0.2, 0) is 0 Å². The monoisotopic (exact) mass is 433 g/mol. The number of ether oxygens (including phenoxy) is 3. The summed E-state index contributed by atoms with van der Waals surface area (Å²) in [7, 11) is 1.65.